The number of rotatable bonds is 6. The molecule has 21 heavy (non-hydrogen) atoms. The molecule has 0 aliphatic heterocycles. The lowest BCUT2D eigenvalue weighted by Gasteiger charge is -2.08. The summed E-state index contributed by atoms with van der Waals surface area (Å²) in [5, 5.41) is 3.85. The maximum atomic E-state index is 12.1. The largest absolute Gasteiger partial charge is 0.488 e. The van der Waals surface area contributed by atoms with E-state index in [9.17, 15) is 17.2 Å². The fourth-order valence-electron chi connectivity index (χ4n) is 1.56. The number of halogens is 2. The highest BCUT2D eigenvalue weighted by Crippen LogP contribution is 2.19. The maximum absolute atomic E-state index is 12.1. The van der Waals surface area contributed by atoms with Crippen LogP contribution in [-0.4, -0.2) is 31.2 Å². The van der Waals surface area contributed by atoms with Crippen molar-refractivity contribution >= 4 is 15.7 Å². The second kappa shape index (κ2) is 6.08. The van der Waals surface area contributed by atoms with Gasteiger partial charge in [-0.25, -0.2) is 17.2 Å². The summed E-state index contributed by atoms with van der Waals surface area (Å²) in [6.07, 6.45) is 0.302. The summed E-state index contributed by atoms with van der Waals surface area (Å²) < 4.78 is 56.7. The van der Waals surface area contributed by atoms with Gasteiger partial charge in [0.05, 0.1) is 16.8 Å². The molecule has 0 atom stereocenters. The minimum atomic E-state index is -3.76. The van der Waals surface area contributed by atoms with E-state index in [2.05, 4.69) is 9.82 Å². The molecule has 2 rings (SSSR count). The maximum Gasteiger partial charge on any atom is 0.272 e. The van der Waals surface area contributed by atoms with Crippen LogP contribution in [0.1, 0.15) is 0 Å². The summed E-state index contributed by atoms with van der Waals surface area (Å²) >= 11 is 0. The third-order valence-electron chi connectivity index (χ3n) is 2.47. The highest BCUT2D eigenvalue weighted by Gasteiger charge is 2.15. The smallest absolute Gasteiger partial charge is 0.272 e. The Bertz CT molecular complexity index is 699. The van der Waals surface area contributed by atoms with Crippen molar-refractivity contribution in [2.45, 2.75) is 11.3 Å². The van der Waals surface area contributed by atoms with E-state index in [0.29, 0.717) is 5.69 Å². The summed E-state index contributed by atoms with van der Waals surface area (Å²) in [4.78, 5) is -0.00394. The molecule has 1 heterocycles. The summed E-state index contributed by atoms with van der Waals surface area (Å²) in [5.74, 6) is 0.177. The Morgan fingerprint density at radius 1 is 1.33 bits per heavy atom. The molecule has 2 aromatic rings. The molecule has 0 fully saturated rings. The molecule has 0 bridgehead atoms. The molecule has 0 saturated carbocycles. The van der Waals surface area contributed by atoms with Gasteiger partial charge in [-0.3, -0.25) is 9.40 Å². The molecule has 0 aliphatic carbocycles. The Kier molecular flexibility index (Phi) is 4.41. The Labute approximate surface area is 120 Å². The van der Waals surface area contributed by atoms with Gasteiger partial charge in [-0.05, 0) is 24.3 Å². The SMILES string of the molecule is Cn1cc(NS(=O)(=O)c2ccc(OCC(F)F)cc2)cn1. The zero-order valence-electron chi connectivity index (χ0n) is 11.0. The first-order valence-corrected chi connectivity index (χ1v) is 7.37. The molecule has 0 aliphatic rings. The second-order valence-corrected chi connectivity index (χ2v) is 5.86. The number of nitrogens with zero attached hydrogens (tertiary/aromatic N) is 2. The molecule has 1 N–H and O–H groups in total. The number of alkyl halides is 2. The molecule has 6 nitrogen and oxygen atoms in total. The lowest BCUT2D eigenvalue weighted by Crippen LogP contribution is -2.12. The first-order chi connectivity index (χ1) is 9.87. The molecular weight excluding hydrogens is 304 g/mol. The molecule has 0 unspecified atom stereocenters. The molecule has 1 aromatic heterocycles. The molecule has 114 valence electrons. The van der Waals surface area contributed by atoms with Crippen LogP contribution in [0, 0.1) is 0 Å². The predicted molar refractivity (Wildman–Crippen MR) is 72.0 cm³/mol. The van der Waals surface area contributed by atoms with Gasteiger partial charge in [-0.15, -0.1) is 0 Å². The van der Waals surface area contributed by atoms with Gasteiger partial charge in [0.25, 0.3) is 16.4 Å². The fraction of sp³-hybridized carbons (Fsp3) is 0.250. The third kappa shape index (κ3) is 4.15. The highest BCUT2D eigenvalue weighted by atomic mass is 32.2. The summed E-state index contributed by atoms with van der Waals surface area (Å²) in [6.45, 7) is -0.736. The van der Waals surface area contributed by atoms with E-state index in [0.717, 1.165) is 0 Å². The molecule has 0 spiro atoms. The van der Waals surface area contributed by atoms with Crippen LogP contribution in [-0.2, 0) is 17.1 Å². The summed E-state index contributed by atoms with van der Waals surface area (Å²) in [7, 11) is -2.10. The zero-order valence-corrected chi connectivity index (χ0v) is 11.8. The first-order valence-electron chi connectivity index (χ1n) is 5.89. The van der Waals surface area contributed by atoms with Gasteiger partial charge in [0, 0.05) is 13.2 Å². The number of ether oxygens (including phenoxy) is 1. The zero-order chi connectivity index (χ0) is 15.5. The lowest BCUT2D eigenvalue weighted by atomic mass is 10.3. The van der Waals surface area contributed by atoms with Crippen LogP contribution in [0.15, 0.2) is 41.6 Å². The normalized spacial score (nSPS) is 11.6. The van der Waals surface area contributed by atoms with Gasteiger partial charge in [0.2, 0.25) is 0 Å². The van der Waals surface area contributed by atoms with Gasteiger partial charge < -0.3 is 4.74 Å². The van der Waals surface area contributed by atoms with Crippen LogP contribution in [0.3, 0.4) is 0 Å². The van der Waals surface area contributed by atoms with E-state index in [1.807, 2.05) is 0 Å². The average molecular weight is 317 g/mol. The molecule has 0 saturated heterocycles. The minimum Gasteiger partial charge on any atom is -0.488 e. The standard InChI is InChI=1S/C12H13F2N3O3S/c1-17-7-9(6-15-17)16-21(18,19)11-4-2-10(3-5-11)20-8-12(13)14/h2-7,12,16H,8H2,1H3. The van der Waals surface area contributed by atoms with Gasteiger partial charge in [0.1, 0.15) is 12.4 Å². The van der Waals surface area contributed by atoms with E-state index in [1.165, 1.54) is 41.3 Å². The van der Waals surface area contributed by atoms with Crippen molar-refractivity contribution in [3.8, 4) is 5.75 Å². The molecular formula is C12H13F2N3O3S. The minimum absolute atomic E-state index is 0.00394. The van der Waals surface area contributed by atoms with Gasteiger partial charge in [0.15, 0.2) is 0 Å². The van der Waals surface area contributed by atoms with Crippen LogP contribution in [0.25, 0.3) is 0 Å². The lowest BCUT2D eigenvalue weighted by molar-refractivity contribution is 0.0819. The van der Waals surface area contributed by atoms with Crippen LogP contribution < -0.4 is 9.46 Å². The second-order valence-electron chi connectivity index (χ2n) is 4.18. The number of aromatic nitrogens is 2. The van der Waals surface area contributed by atoms with Crippen LogP contribution in [0.2, 0.25) is 0 Å². The number of aryl methyl sites for hydroxylation is 1. The van der Waals surface area contributed by atoms with E-state index in [4.69, 9.17) is 4.74 Å². The van der Waals surface area contributed by atoms with Crippen molar-refractivity contribution in [1.82, 2.24) is 9.78 Å². The van der Waals surface area contributed by atoms with Crippen molar-refractivity contribution in [3.05, 3.63) is 36.7 Å². The van der Waals surface area contributed by atoms with E-state index in [-0.39, 0.29) is 10.6 Å². The number of anilines is 1. The molecule has 9 heteroatoms. The molecule has 0 amide bonds. The van der Waals surface area contributed by atoms with Crippen LogP contribution >= 0.6 is 0 Å². The predicted octanol–water partition coefficient (Wildman–Crippen LogP) is 1.86. The van der Waals surface area contributed by atoms with Crippen molar-refractivity contribution in [1.29, 1.82) is 0 Å². The Morgan fingerprint density at radius 3 is 2.52 bits per heavy atom. The Hall–Kier alpha value is -2.16. The molecule has 1 aromatic carbocycles. The van der Waals surface area contributed by atoms with Crippen LogP contribution in [0.5, 0.6) is 5.75 Å². The summed E-state index contributed by atoms with van der Waals surface area (Å²) in [5.41, 5.74) is 0.329. The summed E-state index contributed by atoms with van der Waals surface area (Å²) in [6, 6.07) is 5.19. The number of hydrogen-bond donors (Lipinski definition) is 1. The van der Waals surface area contributed by atoms with Crippen molar-refractivity contribution in [2.24, 2.45) is 7.05 Å². The molecule has 0 radical (unpaired) electrons. The van der Waals surface area contributed by atoms with Crippen molar-refractivity contribution in [3.63, 3.8) is 0 Å². The Balaban J connectivity index is 2.09. The number of benzene rings is 1. The van der Waals surface area contributed by atoms with Gasteiger partial charge in [-0.1, -0.05) is 0 Å². The Morgan fingerprint density at radius 2 is 2.00 bits per heavy atom. The van der Waals surface area contributed by atoms with Gasteiger partial charge in [-0.2, -0.15) is 5.10 Å². The van der Waals surface area contributed by atoms with Crippen molar-refractivity contribution in [2.75, 3.05) is 11.3 Å². The topological polar surface area (TPSA) is 73.2 Å². The quantitative estimate of drug-likeness (QED) is 0.882. The van der Waals surface area contributed by atoms with E-state index in [1.54, 1.807) is 7.05 Å². The first kappa shape index (κ1) is 15.2. The highest BCUT2D eigenvalue weighted by molar-refractivity contribution is 7.92. The third-order valence-corrected chi connectivity index (χ3v) is 3.86. The van der Waals surface area contributed by atoms with Crippen molar-refractivity contribution < 1.29 is 21.9 Å². The monoisotopic (exact) mass is 317 g/mol. The average Bonchev–Trinajstić information content (AvgIpc) is 2.81. The van der Waals surface area contributed by atoms with Gasteiger partial charge >= 0.3 is 0 Å². The number of sulfonamides is 1. The van der Waals surface area contributed by atoms with E-state index < -0.39 is 23.1 Å². The van der Waals surface area contributed by atoms with Crippen LogP contribution in [0.4, 0.5) is 14.5 Å². The fourth-order valence-corrected chi connectivity index (χ4v) is 2.59. The van der Waals surface area contributed by atoms with E-state index >= 15 is 0 Å². The number of nitrogens with one attached hydrogen (secondary N) is 1. The number of hydrogen-bond acceptors (Lipinski definition) is 4.